The Hall–Kier alpha value is -5.10. The van der Waals surface area contributed by atoms with Crippen LogP contribution in [0.2, 0.25) is 0 Å². The predicted octanol–water partition coefficient (Wildman–Crippen LogP) is 8.98. The van der Waals surface area contributed by atoms with Crippen LogP contribution in [0.3, 0.4) is 0 Å². The van der Waals surface area contributed by atoms with Gasteiger partial charge in [0, 0.05) is 26.5 Å². The highest BCUT2D eigenvalue weighted by atomic mass is 32.2. The van der Waals surface area contributed by atoms with E-state index in [4.69, 9.17) is 5.84 Å². The van der Waals surface area contributed by atoms with E-state index in [2.05, 4.69) is 150 Å². The Morgan fingerprint density at radius 2 is 1.13 bits per heavy atom. The zero-order valence-corrected chi connectivity index (χ0v) is 25.4. The molecule has 5 heteroatoms. The number of rotatable bonds is 6. The normalized spacial score (nSPS) is 13.8. The number of amides is 1. The Morgan fingerprint density at radius 3 is 1.71 bits per heavy atom. The first-order valence-electron chi connectivity index (χ1n) is 15.2. The summed E-state index contributed by atoms with van der Waals surface area (Å²) >= 11 is 1.82. The lowest BCUT2D eigenvalue weighted by atomic mass is 9.69. The monoisotopic (exact) mass is 601 g/mol. The van der Waals surface area contributed by atoms with E-state index in [9.17, 15) is 4.79 Å². The molecule has 0 atom stereocenters. The minimum absolute atomic E-state index is 0.290. The summed E-state index contributed by atoms with van der Waals surface area (Å²) in [6.07, 6.45) is 1.56. The molecule has 2 aliphatic rings. The van der Waals surface area contributed by atoms with Crippen LogP contribution in [0.4, 0.5) is 17.1 Å². The SMILES string of the molecule is NNC(=O)c1ccc2c(c1)C(Cc1ccccc1)(Cc1ccccc1)c1cc(N3c4ccccc4Sc4ccccc43)ccc1-2. The van der Waals surface area contributed by atoms with Crippen molar-refractivity contribution in [2.75, 3.05) is 4.90 Å². The van der Waals surface area contributed by atoms with E-state index in [1.807, 2.05) is 17.8 Å². The number of hydrogen-bond donors (Lipinski definition) is 2. The van der Waals surface area contributed by atoms with Gasteiger partial charge in [-0.15, -0.1) is 0 Å². The van der Waals surface area contributed by atoms with Gasteiger partial charge in [-0.25, -0.2) is 5.84 Å². The van der Waals surface area contributed by atoms with Crippen molar-refractivity contribution >= 4 is 34.7 Å². The third kappa shape index (κ3) is 4.63. The van der Waals surface area contributed by atoms with Gasteiger partial charge in [0.25, 0.3) is 5.91 Å². The lowest BCUT2D eigenvalue weighted by molar-refractivity contribution is 0.0953. The van der Waals surface area contributed by atoms with Crippen molar-refractivity contribution in [1.29, 1.82) is 0 Å². The van der Waals surface area contributed by atoms with E-state index in [1.54, 1.807) is 0 Å². The molecule has 0 saturated carbocycles. The highest BCUT2D eigenvalue weighted by Crippen LogP contribution is 2.56. The van der Waals surface area contributed by atoms with Crippen LogP contribution < -0.4 is 16.2 Å². The summed E-state index contributed by atoms with van der Waals surface area (Å²) in [5.74, 6) is 5.33. The fourth-order valence-corrected chi connectivity index (χ4v) is 8.22. The molecule has 6 aromatic rings. The zero-order valence-electron chi connectivity index (χ0n) is 24.6. The number of para-hydroxylation sites is 2. The lowest BCUT2D eigenvalue weighted by Gasteiger charge is -2.36. The molecular weight excluding hydrogens is 571 g/mol. The van der Waals surface area contributed by atoms with Crippen LogP contribution in [-0.2, 0) is 18.3 Å². The first-order chi connectivity index (χ1) is 22.1. The smallest absolute Gasteiger partial charge is 0.265 e. The molecule has 0 saturated heterocycles. The predicted molar refractivity (Wildman–Crippen MR) is 183 cm³/mol. The number of benzene rings is 6. The van der Waals surface area contributed by atoms with Gasteiger partial charge in [-0.3, -0.25) is 10.2 Å². The summed E-state index contributed by atoms with van der Waals surface area (Å²) in [6, 6.07) is 51.6. The van der Waals surface area contributed by atoms with Crippen LogP contribution in [0.25, 0.3) is 11.1 Å². The van der Waals surface area contributed by atoms with Gasteiger partial charge in [0.1, 0.15) is 0 Å². The number of carbonyl (C=O) groups is 1. The van der Waals surface area contributed by atoms with Crippen molar-refractivity contribution in [3.05, 3.63) is 173 Å². The van der Waals surface area contributed by atoms with Gasteiger partial charge in [-0.1, -0.05) is 109 Å². The second kappa shape index (κ2) is 11.1. The molecule has 6 aromatic carbocycles. The molecule has 1 aliphatic carbocycles. The summed E-state index contributed by atoms with van der Waals surface area (Å²) in [7, 11) is 0. The molecule has 1 amide bonds. The van der Waals surface area contributed by atoms with Crippen molar-refractivity contribution in [3.8, 4) is 11.1 Å². The first kappa shape index (κ1) is 27.4. The van der Waals surface area contributed by atoms with Crippen molar-refractivity contribution in [2.24, 2.45) is 5.84 Å². The maximum absolute atomic E-state index is 12.9. The maximum Gasteiger partial charge on any atom is 0.265 e. The Bertz CT molecular complexity index is 1970. The van der Waals surface area contributed by atoms with Crippen LogP contribution in [0.5, 0.6) is 0 Å². The minimum Gasteiger partial charge on any atom is -0.308 e. The second-order valence-corrected chi connectivity index (χ2v) is 12.8. The van der Waals surface area contributed by atoms with E-state index in [0.29, 0.717) is 5.56 Å². The molecule has 45 heavy (non-hydrogen) atoms. The third-order valence-corrected chi connectivity index (χ3v) is 10.3. The first-order valence-corrected chi connectivity index (χ1v) is 16.0. The minimum atomic E-state index is -0.433. The van der Waals surface area contributed by atoms with Crippen LogP contribution in [0.1, 0.15) is 32.6 Å². The third-order valence-electron chi connectivity index (χ3n) is 9.13. The van der Waals surface area contributed by atoms with E-state index >= 15 is 0 Å². The lowest BCUT2D eigenvalue weighted by Crippen LogP contribution is -2.33. The molecule has 1 aliphatic heterocycles. The average molecular weight is 602 g/mol. The molecule has 4 nitrogen and oxygen atoms in total. The molecule has 218 valence electrons. The van der Waals surface area contributed by atoms with Gasteiger partial charge in [-0.05, 0) is 94.8 Å². The fraction of sp³-hybridized carbons (Fsp3) is 0.0750. The van der Waals surface area contributed by atoms with Gasteiger partial charge in [0.05, 0.1) is 11.4 Å². The molecule has 3 N–H and O–H groups in total. The highest BCUT2D eigenvalue weighted by Gasteiger charge is 2.44. The largest absolute Gasteiger partial charge is 0.308 e. The number of anilines is 3. The summed E-state index contributed by atoms with van der Waals surface area (Å²) < 4.78 is 0. The number of carbonyl (C=O) groups excluding carboxylic acids is 1. The van der Waals surface area contributed by atoms with Crippen LogP contribution >= 0.6 is 11.8 Å². The number of hydrogen-bond acceptors (Lipinski definition) is 4. The molecule has 0 spiro atoms. The summed E-state index contributed by atoms with van der Waals surface area (Å²) in [5.41, 5.74) is 13.2. The van der Waals surface area contributed by atoms with Gasteiger partial charge in [0.2, 0.25) is 0 Å². The summed E-state index contributed by atoms with van der Waals surface area (Å²) in [5, 5.41) is 0. The van der Waals surface area contributed by atoms with E-state index in [1.165, 1.54) is 43.4 Å². The molecule has 0 bridgehead atoms. The van der Waals surface area contributed by atoms with E-state index in [0.717, 1.165) is 29.7 Å². The molecule has 1 heterocycles. The summed E-state index contributed by atoms with van der Waals surface area (Å²) in [4.78, 5) is 17.7. The zero-order chi connectivity index (χ0) is 30.4. The average Bonchev–Trinajstić information content (AvgIpc) is 3.35. The number of fused-ring (bicyclic) bond motifs is 5. The second-order valence-electron chi connectivity index (χ2n) is 11.7. The van der Waals surface area contributed by atoms with Gasteiger partial charge < -0.3 is 4.90 Å². The van der Waals surface area contributed by atoms with E-state index in [-0.39, 0.29) is 5.91 Å². The Morgan fingerprint density at radius 1 is 0.622 bits per heavy atom. The summed E-state index contributed by atoms with van der Waals surface area (Å²) in [6.45, 7) is 0. The topological polar surface area (TPSA) is 58.4 Å². The van der Waals surface area contributed by atoms with Gasteiger partial charge in [-0.2, -0.15) is 0 Å². The molecule has 0 aromatic heterocycles. The number of hydrazine groups is 1. The number of nitrogen functional groups attached to an aromatic ring is 1. The molecule has 8 rings (SSSR count). The molecule has 0 radical (unpaired) electrons. The van der Waals surface area contributed by atoms with Crippen molar-refractivity contribution < 1.29 is 4.79 Å². The highest BCUT2D eigenvalue weighted by molar-refractivity contribution is 7.99. The quantitative estimate of drug-likeness (QED) is 0.113. The van der Waals surface area contributed by atoms with Crippen molar-refractivity contribution in [2.45, 2.75) is 28.0 Å². The number of nitrogens with one attached hydrogen (secondary N) is 1. The van der Waals surface area contributed by atoms with Gasteiger partial charge in [0.15, 0.2) is 0 Å². The van der Waals surface area contributed by atoms with E-state index < -0.39 is 5.41 Å². The van der Waals surface area contributed by atoms with Gasteiger partial charge >= 0.3 is 0 Å². The number of nitrogens with two attached hydrogens (primary N) is 1. The van der Waals surface area contributed by atoms with Crippen LogP contribution in [0, 0.1) is 0 Å². The Labute approximate surface area is 267 Å². The molecule has 0 unspecified atom stereocenters. The molecular formula is C40H31N3OS. The molecule has 0 fully saturated rings. The standard InChI is InChI=1S/C40H31N3OS/c41-42-39(44)29-19-21-31-32-22-20-30(43-35-15-7-9-17-37(35)45-38-18-10-8-16-36(38)43)24-34(32)40(33(31)23-29,25-27-11-3-1-4-12-27)26-28-13-5-2-6-14-28/h1-24H,25-26,41H2,(H,42,44). The van der Waals surface area contributed by atoms with Crippen molar-refractivity contribution in [3.63, 3.8) is 0 Å². The van der Waals surface area contributed by atoms with Crippen LogP contribution in [0.15, 0.2) is 155 Å². The maximum atomic E-state index is 12.9. The Balaban J connectivity index is 1.39. The van der Waals surface area contributed by atoms with Crippen LogP contribution in [-0.4, -0.2) is 5.91 Å². The Kier molecular flexibility index (Phi) is 6.78. The fourth-order valence-electron chi connectivity index (χ4n) is 7.16. The van der Waals surface area contributed by atoms with Crippen molar-refractivity contribution in [1.82, 2.24) is 5.43 Å². The number of nitrogens with zero attached hydrogens (tertiary/aromatic N) is 1.